The minimum atomic E-state index is -1.08. The first-order valence-electron chi connectivity index (χ1n) is 5.11. The number of carboxylic acids is 1. The molecule has 1 heterocycles. The highest BCUT2D eigenvalue weighted by Crippen LogP contribution is 2.35. The summed E-state index contributed by atoms with van der Waals surface area (Å²) in [5.74, 6) is -1.12. The lowest BCUT2D eigenvalue weighted by molar-refractivity contribution is -0.140. The van der Waals surface area contributed by atoms with Gasteiger partial charge in [-0.3, -0.25) is 4.79 Å². The fourth-order valence-electron chi connectivity index (χ4n) is 1.66. The average molecular weight is 227 g/mol. The zero-order chi connectivity index (χ0) is 11.8. The highest BCUT2D eigenvalue weighted by molar-refractivity contribution is 5.89. The number of rotatable bonds is 3. The Kier molecular flexibility index (Phi) is 2.45. The number of hydrogen-bond acceptors (Lipinski definition) is 3. The van der Waals surface area contributed by atoms with Crippen molar-refractivity contribution in [1.29, 1.82) is 0 Å². The molecule has 1 aliphatic heterocycles. The molecule has 2 aliphatic rings. The first kappa shape index (κ1) is 10.7. The van der Waals surface area contributed by atoms with Crippen molar-refractivity contribution in [1.82, 2.24) is 16.0 Å². The van der Waals surface area contributed by atoms with E-state index in [0.29, 0.717) is 19.4 Å². The summed E-state index contributed by atoms with van der Waals surface area (Å²) in [6.07, 6.45) is 1.16. The van der Waals surface area contributed by atoms with Gasteiger partial charge in [-0.2, -0.15) is 0 Å². The molecule has 0 aromatic carbocycles. The second-order valence-electron chi connectivity index (χ2n) is 4.19. The average Bonchev–Trinajstić information content (AvgIpc) is 2.85. The fourth-order valence-corrected chi connectivity index (χ4v) is 1.66. The zero-order valence-electron chi connectivity index (χ0n) is 8.58. The van der Waals surface area contributed by atoms with E-state index in [2.05, 4.69) is 16.0 Å². The number of carbonyl (C=O) groups excluding carboxylic acids is 2. The van der Waals surface area contributed by atoms with Gasteiger partial charge in [0.15, 0.2) is 0 Å². The topological polar surface area (TPSA) is 108 Å². The van der Waals surface area contributed by atoms with Crippen molar-refractivity contribution < 1.29 is 19.5 Å². The third-order valence-corrected chi connectivity index (χ3v) is 2.82. The third-order valence-electron chi connectivity index (χ3n) is 2.82. The van der Waals surface area contributed by atoms with Crippen molar-refractivity contribution in [2.45, 2.75) is 30.8 Å². The van der Waals surface area contributed by atoms with E-state index in [9.17, 15) is 14.4 Å². The summed E-state index contributed by atoms with van der Waals surface area (Å²) < 4.78 is 0. The van der Waals surface area contributed by atoms with Crippen molar-refractivity contribution in [2.75, 3.05) is 6.54 Å². The fraction of sp³-hybridized carbons (Fsp3) is 0.667. The Morgan fingerprint density at radius 2 is 2.12 bits per heavy atom. The van der Waals surface area contributed by atoms with Crippen molar-refractivity contribution in [3.8, 4) is 0 Å². The Morgan fingerprint density at radius 3 is 2.56 bits per heavy atom. The van der Waals surface area contributed by atoms with E-state index in [1.54, 1.807) is 0 Å². The molecule has 1 saturated carbocycles. The van der Waals surface area contributed by atoms with Gasteiger partial charge < -0.3 is 21.1 Å². The highest BCUT2D eigenvalue weighted by atomic mass is 16.4. The molecule has 0 bridgehead atoms. The summed E-state index contributed by atoms with van der Waals surface area (Å²) in [5.41, 5.74) is -1.08. The Balaban J connectivity index is 1.81. The first-order valence-corrected chi connectivity index (χ1v) is 5.11. The smallest absolute Gasteiger partial charge is 0.329 e. The minimum absolute atomic E-state index is 0.107. The van der Waals surface area contributed by atoms with E-state index < -0.39 is 17.5 Å². The number of amides is 3. The monoisotopic (exact) mass is 227 g/mol. The molecule has 7 nitrogen and oxygen atoms in total. The van der Waals surface area contributed by atoms with Gasteiger partial charge in [-0.1, -0.05) is 0 Å². The molecule has 0 aromatic heterocycles. The van der Waals surface area contributed by atoms with Gasteiger partial charge in [0, 0.05) is 13.0 Å². The summed E-state index contributed by atoms with van der Waals surface area (Å²) in [4.78, 5) is 33.1. The molecule has 1 unspecified atom stereocenters. The van der Waals surface area contributed by atoms with Crippen molar-refractivity contribution in [2.24, 2.45) is 0 Å². The predicted octanol–water partition coefficient (Wildman–Crippen LogP) is -1.21. The van der Waals surface area contributed by atoms with Crippen LogP contribution in [0.2, 0.25) is 0 Å². The van der Waals surface area contributed by atoms with Crippen LogP contribution in [0, 0.1) is 0 Å². The second-order valence-corrected chi connectivity index (χ2v) is 4.19. The Hall–Kier alpha value is -1.79. The summed E-state index contributed by atoms with van der Waals surface area (Å²) in [7, 11) is 0. The van der Waals surface area contributed by atoms with Crippen LogP contribution in [0.15, 0.2) is 0 Å². The van der Waals surface area contributed by atoms with Gasteiger partial charge in [0.25, 0.3) is 0 Å². The molecule has 1 atom stereocenters. The summed E-state index contributed by atoms with van der Waals surface area (Å²) >= 11 is 0. The molecule has 0 spiro atoms. The van der Waals surface area contributed by atoms with Gasteiger partial charge in [-0.05, 0) is 12.8 Å². The predicted molar refractivity (Wildman–Crippen MR) is 52.7 cm³/mol. The maximum atomic E-state index is 11.4. The number of aliphatic carboxylic acids is 1. The number of urea groups is 1. The Morgan fingerprint density at radius 1 is 1.44 bits per heavy atom. The van der Waals surface area contributed by atoms with E-state index in [4.69, 9.17) is 5.11 Å². The van der Waals surface area contributed by atoms with Crippen LogP contribution in [0.5, 0.6) is 0 Å². The van der Waals surface area contributed by atoms with Crippen molar-refractivity contribution in [3.05, 3.63) is 0 Å². The molecule has 0 aromatic rings. The normalized spacial score (nSPS) is 25.8. The van der Waals surface area contributed by atoms with Gasteiger partial charge in [0.2, 0.25) is 5.91 Å². The van der Waals surface area contributed by atoms with Gasteiger partial charge in [-0.15, -0.1) is 0 Å². The zero-order valence-corrected chi connectivity index (χ0v) is 8.58. The SMILES string of the molecule is O=C1CC(NC(=O)NC2(C(=O)O)CC2)CN1. The van der Waals surface area contributed by atoms with E-state index >= 15 is 0 Å². The maximum Gasteiger partial charge on any atom is 0.329 e. The van der Waals surface area contributed by atoms with Crippen LogP contribution in [0.25, 0.3) is 0 Å². The number of hydrogen-bond donors (Lipinski definition) is 4. The maximum absolute atomic E-state index is 11.4. The lowest BCUT2D eigenvalue weighted by atomic mass is 10.2. The molecule has 2 fully saturated rings. The lowest BCUT2D eigenvalue weighted by Crippen LogP contribution is -2.50. The standard InChI is InChI=1S/C9H13N3O4/c13-6-3-5(4-10-6)11-8(16)12-9(1-2-9)7(14)15/h5H,1-4H2,(H,10,13)(H,14,15)(H2,11,12,16). The molecule has 7 heteroatoms. The molecule has 88 valence electrons. The largest absolute Gasteiger partial charge is 0.480 e. The number of carbonyl (C=O) groups is 3. The van der Waals surface area contributed by atoms with Crippen LogP contribution in [-0.2, 0) is 9.59 Å². The van der Waals surface area contributed by atoms with E-state index in [1.807, 2.05) is 0 Å². The number of carboxylic acid groups (broad SMARTS) is 1. The molecule has 4 N–H and O–H groups in total. The molecular formula is C9H13N3O4. The van der Waals surface area contributed by atoms with Crippen molar-refractivity contribution >= 4 is 17.9 Å². The molecular weight excluding hydrogens is 214 g/mol. The van der Waals surface area contributed by atoms with Gasteiger partial charge in [0.05, 0.1) is 6.04 Å². The highest BCUT2D eigenvalue weighted by Gasteiger charge is 2.51. The summed E-state index contributed by atoms with van der Waals surface area (Å²) in [6, 6.07) is -0.779. The van der Waals surface area contributed by atoms with Crippen LogP contribution in [0.3, 0.4) is 0 Å². The first-order chi connectivity index (χ1) is 7.52. The van der Waals surface area contributed by atoms with E-state index in [0.717, 1.165) is 0 Å². The molecule has 1 saturated heterocycles. The van der Waals surface area contributed by atoms with Gasteiger partial charge in [-0.25, -0.2) is 9.59 Å². The Bertz CT molecular complexity index is 351. The minimum Gasteiger partial charge on any atom is -0.480 e. The molecule has 3 amide bonds. The van der Waals surface area contributed by atoms with Crippen LogP contribution in [0.4, 0.5) is 4.79 Å². The molecule has 2 rings (SSSR count). The third kappa shape index (κ3) is 2.07. The van der Waals surface area contributed by atoms with E-state index in [1.165, 1.54) is 0 Å². The molecule has 0 radical (unpaired) electrons. The second kappa shape index (κ2) is 3.66. The molecule has 1 aliphatic carbocycles. The van der Waals surface area contributed by atoms with Crippen LogP contribution >= 0.6 is 0 Å². The summed E-state index contributed by atoms with van der Waals surface area (Å²) in [5, 5.41) is 16.4. The van der Waals surface area contributed by atoms with Gasteiger partial charge >= 0.3 is 12.0 Å². The van der Waals surface area contributed by atoms with Crippen LogP contribution in [-0.4, -0.2) is 41.1 Å². The van der Waals surface area contributed by atoms with Crippen molar-refractivity contribution in [3.63, 3.8) is 0 Å². The lowest BCUT2D eigenvalue weighted by Gasteiger charge is -2.15. The summed E-state index contributed by atoms with van der Waals surface area (Å²) in [6.45, 7) is 0.395. The van der Waals surface area contributed by atoms with Crippen LogP contribution in [0.1, 0.15) is 19.3 Å². The van der Waals surface area contributed by atoms with E-state index in [-0.39, 0.29) is 18.4 Å². The number of nitrogens with one attached hydrogen (secondary N) is 3. The van der Waals surface area contributed by atoms with Crippen LogP contribution < -0.4 is 16.0 Å². The Labute approximate surface area is 91.6 Å². The quantitative estimate of drug-likeness (QED) is 0.485. The molecule has 16 heavy (non-hydrogen) atoms. The van der Waals surface area contributed by atoms with Gasteiger partial charge in [0.1, 0.15) is 5.54 Å².